The minimum Gasteiger partial charge on any atom is -0.479 e. The van der Waals surface area contributed by atoms with Gasteiger partial charge in [0.25, 0.3) is 0 Å². The predicted molar refractivity (Wildman–Crippen MR) is 143 cm³/mol. The summed E-state index contributed by atoms with van der Waals surface area (Å²) in [5.41, 5.74) is 1.88. The molecule has 1 aliphatic rings. The number of imidazole rings is 1. The van der Waals surface area contributed by atoms with E-state index in [9.17, 15) is 22.4 Å². The number of amides is 1. The van der Waals surface area contributed by atoms with Crippen molar-refractivity contribution >= 4 is 34.4 Å². The molecule has 0 bridgehead atoms. The molecule has 1 saturated heterocycles. The molecule has 5 heterocycles. The van der Waals surface area contributed by atoms with Crippen LogP contribution < -0.4 is 15.0 Å². The number of anilines is 3. The van der Waals surface area contributed by atoms with Gasteiger partial charge in [-0.25, -0.2) is 29.3 Å². The minimum atomic E-state index is -4.37. The lowest BCUT2D eigenvalue weighted by Gasteiger charge is -2.34. The van der Waals surface area contributed by atoms with Crippen LogP contribution in [-0.2, 0) is 4.79 Å². The fourth-order valence-electron chi connectivity index (χ4n) is 4.82. The Kier molecular flexibility index (Phi) is 7.46. The molecule has 216 valence electrons. The number of carbonyl (C=O) groups excluding carboxylic acids is 1. The number of fused-ring (bicyclic) bond motifs is 1. The highest BCUT2D eigenvalue weighted by Crippen LogP contribution is 2.32. The number of hydrogen-bond donors (Lipinski definition) is 1. The van der Waals surface area contributed by atoms with Gasteiger partial charge in [-0.15, -0.1) is 0 Å². The molecule has 1 N–H and O–H groups in total. The normalized spacial score (nSPS) is 14.8. The Morgan fingerprint density at radius 1 is 1.10 bits per heavy atom. The van der Waals surface area contributed by atoms with Gasteiger partial charge in [0.1, 0.15) is 17.3 Å². The summed E-state index contributed by atoms with van der Waals surface area (Å²) in [6.07, 6.45) is -1.94. The van der Waals surface area contributed by atoms with E-state index in [0.29, 0.717) is 17.0 Å². The fourth-order valence-corrected chi connectivity index (χ4v) is 4.82. The van der Waals surface area contributed by atoms with Crippen LogP contribution in [0.15, 0.2) is 30.6 Å². The number of hydrogen-bond acceptors (Lipinski definition) is 9. The second-order valence-electron chi connectivity index (χ2n) is 9.80. The molecule has 0 radical (unpaired) electrons. The van der Waals surface area contributed by atoms with Crippen LogP contribution in [0.4, 0.5) is 35.0 Å². The van der Waals surface area contributed by atoms with E-state index in [4.69, 9.17) is 4.74 Å². The van der Waals surface area contributed by atoms with Crippen molar-refractivity contribution < 1.29 is 27.1 Å². The number of aryl methyl sites for hydroxylation is 1. The molecule has 1 amide bonds. The molecule has 4 aromatic heterocycles. The van der Waals surface area contributed by atoms with Crippen molar-refractivity contribution in [1.82, 2.24) is 34.4 Å². The number of rotatable bonds is 7. The van der Waals surface area contributed by atoms with Crippen molar-refractivity contribution in [2.75, 3.05) is 43.5 Å². The van der Waals surface area contributed by atoms with E-state index in [1.54, 1.807) is 18.2 Å². The van der Waals surface area contributed by atoms with Crippen molar-refractivity contribution in [3.8, 4) is 17.3 Å². The molecule has 0 aromatic carbocycles. The van der Waals surface area contributed by atoms with E-state index in [1.165, 1.54) is 18.2 Å². The average molecular weight is 574 g/mol. The van der Waals surface area contributed by atoms with Gasteiger partial charge < -0.3 is 19.5 Å². The van der Waals surface area contributed by atoms with Gasteiger partial charge in [-0.2, -0.15) is 13.2 Å². The van der Waals surface area contributed by atoms with Crippen molar-refractivity contribution in [2.45, 2.75) is 33.0 Å². The third-order valence-electron chi connectivity index (χ3n) is 6.52. The maximum Gasteiger partial charge on any atom is 0.401 e. The molecule has 5 rings (SSSR count). The highest BCUT2D eigenvalue weighted by molar-refractivity contribution is 5.95. The molecule has 0 unspecified atom stereocenters. The number of methoxy groups -OCH3 is 1. The number of pyridine rings is 2. The lowest BCUT2D eigenvalue weighted by Crippen LogP contribution is -2.52. The summed E-state index contributed by atoms with van der Waals surface area (Å²) in [6.45, 7) is 4.60. The second-order valence-corrected chi connectivity index (χ2v) is 9.80. The molecule has 0 aliphatic carbocycles. The Morgan fingerprint density at radius 3 is 2.51 bits per heavy atom. The molecule has 1 fully saturated rings. The number of ether oxygens (including phenoxy) is 1. The van der Waals surface area contributed by atoms with E-state index in [1.807, 2.05) is 25.3 Å². The first-order chi connectivity index (χ1) is 19.4. The van der Waals surface area contributed by atoms with Crippen LogP contribution in [-0.4, -0.2) is 79.8 Å². The summed E-state index contributed by atoms with van der Waals surface area (Å²) in [7, 11) is 1.46. The Labute approximate surface area is 232 Å². The standard InChI is InChI=1S/C26H27F4N9O2/c1-14(2)39-15(3)33-23-19(39)9-18(34-24(23)41-4)22-17(27)11-32-25(36-22)35-20-6-5-16(10-31-20)38-8-7-37(12-21(38)40)13-26(28,29)30/h5-6,9-11,14H,7-8,12-13H2,1-4H3,(H,31,32,35,36). The lowest BCUT2D eigenvalue weighted by atomic mass is 10.2. The Morgan fingerprint density at radius 2 is 1.88 bits per heavy atom. The number of piperazine rings is 1. The van der Waals surface area contributed by atoms with Gasteiger partial charge >= 0.3 is 6.18 Å². The number of alkyl halides is 3. The molecule has 41 heavy (non-hydrogen) atoms. The van der Waals surface area contributed by atoms with E-state index in [2.05, 4.69) is 30.2 Å². The van der Waals surface area contributed by atoms with Crippen molar-refractivity contribution in [3.63, 3.8) is 0 Å². The van der Waals surface area contributed by atoms with E-state index >= 15 is 0 Å². The van der Waals surface area contributed by atoms with Crippen LogP contribution in [0.2, 0.25) is 0 Å². The summed E-state index contributed by atoms with van der Waals surface area (Å²) in [4.78, 5) is 36.5. The fraction of sp³-hybridized carbons (Fsp3) is 0.385. The summed E-state index contributed by atoms with van der Waals surface area (Å²) < 4.78 is 60.4. The maximum absolute atomic E-state index is 14.9. The molecule has 0 atom stereocenters. The minimum absolute atomic E-state index is 0.0490. The quantitative estimate of drug-likeness (QED) is 0.324. The summed E-state index contributed by atoms with van der Waals surface area (Å²) in [6, 6.07) is 4.95. The van der Waals surface area contributed by atoms with Gasteiger partial charge in [-0.1, -0.05) is 0 Å². The highest BCUT2D eigenvalue weighted by Gasteiger charge is 2.34. The molecule has 11 nitrogen and oxygen atoms in total. The zero-order valence-electron chi connectivity index (χ0n) is 22.7. The third kappa shape index (κ3) is 5.89. The maximum atomic E-state index is 14.9. The van der Waals surface area contributed by atoms with Crippen molar-refractivity contribution in [1.29, 1.82) is 0 Å². The molecule has 15 heteroatoms. The topological polar surface area (TPSA) is 114 Å². The van der Waals surface area contributed by atoms with E-state index < -0.39 is 24.4 Å². The first-order valence-corrected chi connectivity index (χ1v) is 12.7. The second kappa shape index (κ2) is 10.9. The van der Waals surface area contributed by atoms with Gasteiger partial charge in [0.2, 0.25) is 17.7 Å². The monoisotopic (exact) mass is 573 g/mol. The van der Waals surface area contributed by atoms with Gasteiger partial charge in [0.15, 0.2) is 11.3 Å². The van der Waals surface area contributed by atoms with Crippen LogP contribution in [0, 0.1) is 12.7 Å². The van der Waals surface area contributed by atoms with Crippen LogP contribution in [0.5, 0.6) is 5.88 Å². The Balaban J connectivity index is 1.36. The van der Waals surface area contributed by atoms with E-state index in [-0.39, 0.29) is 48.9 Å². The first kappa shape index (κ1) is 28.1. The summed E-state index contributed by atoms with van der Waals surface area (Å²) in [5, 5.41) is 2.90. The zero-order chi connectivity index (χ0) is 29.5. The molecule has 4 aromatic rings. The van der Waals surface area contributed by atoms with Gasteiger partial charge in [0, 0.05) is 19.1 Å². The van der Waals surface area contributed by atoms with Gasteiger partial charge in [0.05, 0.1) is 49.5 Å². The van der Waals surface area contributed by atoms with Crippen LogP contribution >= 0.6 is 0 Å². The Hall–Kier alpha value is -4.40. The largest absolute Gasteiger partial charge is 0.479 e. The first-order valence-electron chi connectivity index (χ1n) is 12.7. The summed E-state index contributed by atoms with van der Waals surface area (Å²) in [5.74, 6) is 0.208. The smallest absolute Gasteiger partial charge is 0.401 e. The summed E-state index contributed by atoms with van der Waals surface area (Å²) >= 11 is 0. The number of halogens is 4. The number of nitrogens with zero attached hydrogens (tertiary/aromatic N) is 8. The van der Waals surface area contributed by atoms with Crippen LogP contribution in [0.25, 0.3) is 22.4 Å². The van der Waals surface area contributed by atoms with Gasteiger partial charge in [-0.05, 0) is 39.0 Å². The molecule has 0 saturated carbocycles. The zero-order valence-corrected chi connectivity index (χ0v) is 22.7. The van der Waals surface area contributed by atoms with Crippen LogP contribution in [0.3, 0.4) is 0 Å². The molecular weight excluding hydrogens is 546 g/mol. The number of nitrogens with one attached hydrogen (secondary N) is 1. The van der Waals surface area contributed by atoms with E-state index in [0.717, 1.165) is 22.4 Å². The molecule has 1 aliphatic heterocycles. The average Bonchev–Trinajstić information content (AvgIpc) is 3.25. The lowest BCUT2D eigenvalue weighted by molar-refractivity contribution is -0.150. The van der Waals surface area contributed by atoms with Crippen LogP contribution in [0.1, 0.15) is 25.7 Å². The van der Waals surface area contributed by atoms with Crippen molar-refractivity contribution in [2.24, 2.45) is 0 Å². The molecule has 0 spiro atoms. The number of carbonyl (C=O) groups is 1. The van der Waals surface area contributed by atoms with Gasteiger partial charge in [-0.3, -0.25) is 9.69 Å². The SMILES string of the molecule is COc1nc(-c2nc(Nc3ccc(N4CCN(CC(F)(F)F)CC4=O)cn3)ncc2F)cc2c1nc(C)n2C(C)C. The Bertz CT molecular complexity index is 1590. The molecular formula is C26H27F4N9O2. The van der Waals surface area contributed by atoms with Crippen molar-refractivity contribution in [3.05, 3.63) is 42.2 Å². The predicted octanol–water partition coefficient (Wildman–Crippen LogP) is 4.27. The third-order valence-corrected chi connectivity index (χ3v) is 6.52. The number of aromatic nitrogens is 6. The highest BCUT2D eigenvalue weighted by atomic mass is 19.4.